The largest absolute Gasteiger partial charge is 0.490 e. The van der Waals surface area contributed by atoms with Crippen molar-refractivity contribution in [3.63, 3.8) is 0 Å². The fourth-order valence-corrected chi connectivity index (χ4v) is 3.41. The first-order valence-corrected chi connectivity index (χ1v) is 10.2. The third kappa shape index (κ3) is 4.92. The molecule has 0 aliphatic rings. The number of thiocarbonyl (C=S) groups is 1. The molecule has 166 valence electrons. The molecule has 33 heavy (non-hydrogen) atoms. The van der Waals surface area contributed by atoms with Crippen LogP contribution in [0.15, 0.2) is 65.1 Å². The fourth-order valence-electron chi connectivity index (χ4n) is 3.03. The maximum atomic E-state index is 12.4. The van der Waals surface area contributed by atoms with Crippen LogP contribution in [0.2, 0.25) is 5.02 Å². The van der Waals surface area contributed by atoms with Crippen molar-refractivity contribution in [1.29, 1.82) is 0 Å². The second-order valence-electron chi connectivity index (χ2n) is 6.76. The molecule has 0 atom stereocenters. The van der Waals surface area contributed by atoms with E-state index in [0.29, 0.717) is 27.7 Å². The van der Waals surface area contributed by atoms with Gasteiger partial charge in [-0.15, -0.1) is 0 Å². The maximum Gasteiger partial charge on any atom is 0.311 e. The van der Waals surface area contributed by atoms with Gasteiger partial charge in [0, 0.05) is 27.9 Å². The highest BCUT2D eigenvalue weighted by atomic mass is 35.5. The van der Waals surface area contributed by atoms with Crippen LogP contribution in [0.4, 0.5) is 11.4 Å². The number of benzene rings is 3. The lowest BCUT2D eigenvalue weighted by Gasteiger charge is -2.10. The van der Waals surface area contributed by atoms with Crippen molar-refractivity contribution in [2.45, 2.75) is 0 Å². The summed E-state index contributed by atoms with van der Waals surface area (Å²) in [6.45, 7) is 0. The average molecular weight is 483 g/mol. The Kier molecular flexibility index (Phi) is 6.20. The highest BCUT2D eigenvalue weighted by molar-refractivity contribution is 7.80. The minimum Gasteiger partial charge on any atom is -0.490 e. The molecular formula is C22H15ClN4O5S. The van der Waals surface area contributed by atoms with E-state index in [1.807, 2.05) is 0 Å². The number of carbonyl (C=O) groups is 1. The van der Waals surface area contributed by atoms with Crippen molar-refractivity contribution >= 4 is 57.3 Å². The molecule has 0 aliphatic carbocycles. The molecule has 0 radical (unpaired) electrons. The first kappa shape index (κ1) is 22.2. The van der Waals surface area contributed by atoms with Gasteiger partial charge in [0.1, 0.15) is 5.52 Å². The zero-order chi connectivity index (χ0) is 23.5. The molecule has 4 rings (SSSR count). The van der Waals surface area contributed by atoms with Gasteiger partial charge in [0.25, 0.3) is 5.91 Å². The number of anilines is 1. The van der Waals surface area contributed by atoms with Crippen LogP contribution in [-0.4, -0.2) is 28.0 Å². The molecule has 2 N–H and O–H groups in total. The normalized spacial score (nSPS) is 10.6. The van der Waals surface area contributed by atoms with Crippen molar-refractivity contribution in [3.05, 3.63) is 81.4 Å². The zero-order valence-corrected chi connectivity index (χ0v) is 18.6. The number of halogens is 1. The molecule has 3 aromatic carbocycles. The third-order valence-electron chi connectivity index (χ3n) is 4.60. The monoisotopic (exact) mass is 482 g/mol. The van der Waals surface area contributed by atoms with Crippen LogP contribution >= 0.6 is 23.8 Å². The van der Waals surface area contributed by atoms with Gasteiger partial charge in [0.2, 0.25) is 5.89 Å². The van der Waals surface area contributed by atoms with Crippen molar-refractivity contribution in [1.82, 2.24) is 10.3 Å². The number of amides is 1. The van der Waals surface area contributed by atoms with Gasteiger partial charge in [-0.2, -0.15) is 0 Å². The Morgan fingerprint density at radius 3 is 2.61 bits per heavy atom. The van der Waals surface area contributed by atoms with Gasteiger partial charge in [0.15, 0.2) is 16.4 Å². The maximum absolute atomic E-state index is 12.4. The Morgan fingerprint density at radius 2 is 1.91 bits per heavy atom. The molecule has 0 spiro atoms. The summed E-state index contributed by atoms with van der Waals surface area (Å²) in [4.78, 5) is 27.4. The minimum atomic E-state index is -0.626. The predicted octanol–water partition coefficient (Wildman–Crippen LogP) is 5.19. The van der Waals surface area contributed by atoms with Gasteiger partial charge >= 0.3 is 5.69 Å². The molecule has 1 amide bonds. The SMILES string of the molecule is COc1ccc(C(=O)NC(=S)Nc2ccc(-c3nc4cc(Cl)ccc4o3)cc2)cc1[N+](=O)[O-]. The van der Waals surface area contributed by atoms with E-state index < -0.39 is 10.8 Å². The summed E-state index contributed by atoms with van der Waals surface area (Å²) in [5.74, 6) is -0.102. The number of aromatic nitrogens is 1. The van der Waals surface area contributed by atoms with Crippen LogP contribution in [0, 0.1) is 10.1 Å². The van der Waals surface area contributed by atoms with Crippen molar-refractivity contribution < 1.29 is 18.9 Å². The smallest absolute Gasteiger partial charge is 0.311 e. The Balaban J connectivity index is 1.43. The minimum absolute atomic E-state index is 0.0303. The van der Waals surface area contributed by atoms with Gasteiger partial charge in [-0.25, -0.2) is 4.98 Å². The molecule has 0 fully saturated rings. The number of nitrogens with one attached hydrogen (secondary N) is 2. The molecule has 4 aromatic rings. The Morgan fingerprint density at radius 1 is 1.15 bits per heavy atom. The van der Waals surface area contributed by atoms with Crippen molar-refractivity contribution in [2.75, 3.05) is 12.4 Å². The van der Waals surface area contributed by atoms with Crippen molar-refractivity contribution in [2.24, 2.45) is 0 Å². The molecule has 0 saturated heterocycles. The number of nitrogens with zero attached hydrogens (tertiary/aromatic N) is 2. The van der Waals surface area contributed by atoms with Crippen molar-refractivity contribution in [3.8, 4) is 17.2 Å². The number of rotatable bonds is 5. The van der Waals surface area contributed by atoms with Gasteiger partial charge in [0.05, 0.1) is 12.0 Å². The third-order valence-corrected chi connectivity index (χ3v) is 5.04. The Labute approximate surface area is 197 Å². The van der Waals surface area contributed by atoms with E-state index in [-0.39, 0.29) is 22.1 Å². The van der Waals surface area contributed by atoms with E-state index in [2.05, 4.69) is 15.6 Å². The second kappa shape index (κ2) is 9.23. The van der Waals surface area contributed by atoms with E-state index in [4.69, 9.17) is 33.0 Å². The van der Waals surface area contributed by atoms with Crippen LogP contribution in [-0.2, 0) is 0 Å². The number of carbonyl (C=O) groups excluding carboxylic acids is 1. The van der Waals surface area contributed by atoms with E-state index in [9.17, 15) is 14.9 Å². The molecular weight excluding hydrogens is 468 g/mol. The lowest BCUT2D eigenvalue weighted by molar-refractivity contribution is -0.385. The van der Waals surface area contributed by atoms with Crippen LogP contribution < -0.4 is 15.4 Å². The molecule has 0 saturated carbocycles. The summed E-state index contributed by atoms with van der Waals surface area (Å²) in [5.41, 5.74) is 2.39. The molecule has 9 nitrogen and oxygen atoms in total. The molecule has 1 aromatic heterocycles. The first-order chi connectivity index (χ1) is 15.8. The van der Waals surface area contributed by atoms with E-state index in [0.717, 1.165) is 11.6 Å². The quantitative estimate of drug-likeness (QED) is 0.226. The lowest BCUT2D eigenvalue weighted by atomic mass is 10.1. The van der Waals surface area contributed by atoms with Crippen LogP contribution in [0.5, 0.6) is 5.75 Å². The second-order valence-corrected chi connectivity index (χ2v) is 7.61. The molecule has 0 unspecified atom stereocenters. The Hall–Kier alpha value is -4.02. The Bertz CT molecular complexity index is 1390. The summed E-state index contributed by atoms with van der Waals surface area (Å²) in [7, 11) is 1.31. The first-order valence-electron chi connectivity index (χ1n) is 9.45. The topological polar surface area (TPSA) is 120 Å². The molecule has 11 heteroatoms. The van der Waals surface area contributed by atoms with E-state index >= 15 is 0 Å². The average Bonchev–Trinajstić information content (AvgIpc) is 3.22. The molecule has 0 bridgehead atoms. The standard InChI is InChI=1S/C22H15ClN4O5S/c1-31-19-8-4-13(10-17(19)27(29)30)20(28)26-22(33)24-15-6-2-12(3-7-15)21-25-16-11-14(23)5-9-18(16)32-21/h2-11H,1H3,(H2,24,26,28,33). The zero-order valence-electron chi connectivity index (χ0n) is 17.0. The number of methoxy groups -OCH3 is 1. The highest BCUT2D eigenvalue weighted by Gasteiger charge is 2.19. The van der Waals surface area contributed by atoms with Crippen LogP contribution in [0.25, 0.3) is 22.6 Å². The summed E-state index contributed by atoms with van der Waals surface area (Å²) in [5, 5.41) is 17.1. The van der Waals surface area contributed by atoms with Crippen LogP contribution in [0.3, 0.4) is 0 Å². The number of fused-ring (bicyclic) bond motifs is 1. The highest BCUT2D eigenvalue weighted by Crippen LogP contribution is 2.28. The summed E-state index contributed by atoms with van der Waals surface area (Å²) < 4.78 is 10.7. The number of nitro benzene ring substituents is 1. The number of hydrogen-bond donors (Lipinski definition) is 2. The van der Waals surface area contributed by atoms with E-state index in [1.54, 1.807) is 42.5 Å². The summed E-state index contributed by atoms with van der Waals surface area (Å²) in [6.07, 6.45) is 0. The summed E-state index contributed by atoms with van der Waals surface area (Å²) in [6, 6.07) is 16.1. The van der Waals surface area contributed by atoms with Gasteiger partial charge in [-0.1, -0.05) is 11.6 Å². The van der Waals surface area contributed by atoms with Gasteiger partial charge in [-0.3, -0.25) is 20.2 Å². The molecule has 1 heterocycles. The lowest BCUT2D eigenvalue weighted by Crippen LogP contribution is -2.34. The van der Waals surface area contributed by atoms with Gasteiger partial charge < -0.3 is 14.5 Å². The fraction of sp³-hybridized carbons (Fsp3) is 0.0455. The van der Waals surface area contributed by atoms with Gasteiger partial charge in [-0.05, 0) is 66.8 Å². The summed E-state index contributed by atoms with van der Waals surface area (Å²) >= 11 is 11.2. The number of nitro groups is 1. The van der Waals surface area contributed by atoms with Crippen LogP contribution in [0.1, 0.15) is 10.4 Å². The number of hydrogen-bond acceptors (Lipinski definition) is 7. The number of ether oxygens (including phenoxy) is 1. The number of oxazole rings is 1. The molecule has 0 aliphatic heterocycles. The predicted molar refractivity (Wildman–Crippen MR) is 128 cm³/mol. The van der Waals surface area contributed by atoms with E-state index in [1.165, 1.54) is 19.2 Å².